The van der Waals surface area contributed by atoms with Gasteiger partial charge in [0, 0.05) is 17.6 Å². The predicted molar refractivity (Wildman–Crippen MR) is 75.7 cm³/mol. The summed E-state index contributed by atoms with van der Waals surface area (Å²) in [6, 6.07) is 8.96. The third-order valence-electron chi connectivity index (χ3n) is 3.71. The van der Waals surface area contributed by atoms with Crippen LogP contribution in [0.1, 0.15) is 35.0 Å². The lowest BCUT2D eigenvalue weighted by Crippen LogP contribution is -2.23. The van der Waals surface area contributed by atoms with E-state index >= 15 is 0 Å². The second-order valence-corrected chi connectivity index (χ2v) is 5.91. The molecule has 18 heavy (non-hydrogen) atoms. The first-order chi connectivity index (χ1) is 8.84. The van der Waals surface area contributed by atoms with E-state index in [4.69, 9.17) is 0 Å². The van der Waals surface area contributed by atoms with Gasteiger partial charge in [0.15, 0.2) is 0 Å². The first-order valence-corrected chi connectivity index (χ1v) is 7.40. The Bertz CT molecular complexity index is 506. The van der Waals surface area contributed by atoms with Crippen molar-refractivity contribution in [2.24, 2.45) is 0 Å². The van der Waals surface area contributed by atoms with Crippen LogP contribution in [-0.4, -0.2) is 16.4 Å². The molecule has 0 saturated carbocycles. The standard InChI is InChI=1S/C15H18N2S/c1-12-7-10-18-15(12)11-17-9-4-6-14(17)13-5-2-3-8-16-13/h2-3,5,7-8,10,14H,4,6,9,11H2,1H3/t14-/m0/s1. The summed E-state index contributed by atoms with van der Waals surface area (Å²) in [4.78, 5) is 8.59. The fourth-order valence-corrected chi connectivity index (χ4v) is 3.60. The Kier molecular flexibility index (Phi) is 3.43. The second kappa shape index (κ2) is 5.21. The number of aromatic nitrogens is 1. The van der Waals surface area contributed by atoms with E-state index in [1.807, 2.05) is 23.6 Å². The number of nitrogens with zero attached hydrogens (tertiary/aromatic N) is 2. The molecule has 0 spiro atoms. The maximum Gasteiger partial charge on any atom is 0.0575 e. The molecular formula is C15H18N2S. The molecule has 0 amide bonds. The van der Waals surface area contributed by atoms with Gasteiger partial charge in [-0.15, -0.1) is 11.3 Å². The fourth-order valence-electron chi connectivity index (χ4n) is 2.67. The molecule has 1 aliphatic rings. The van der Waals surface area contributed by atoms with E-state index in [0.717, 1.165) is 6.54 Å². The van der Waals surface area contributed by atoms with E-state index in [1.54, 1.807) is 0 Å². The van der Waals surface area contributed by atoms with Gasteiger partial charge in [-0.05, 0) is 55.5 Å². The summed E-state index contributed by atoms with van der Waals surface area (Å²) in [6.07, 6.45) is 4.43. The van der Waals surface area contributed by atoms with E-state index in [-0.39, 0.29) is 0 Å². The highest BCUT2D eigenvalue weighted by Crippen LogP contribution is 2.33. The van der Waals surface area contributed by atoms with E-state index < -0.39 is 0 Å². The van der Waals surface area contributed by atoms with Crippen molar-refractivity contribution in [2.45, 2.75) is 32.4 Å². The van der Waals surface area contributed by atoms with Crippen LogP contribution in [0.3, 0.4) is 0 Å². The van der Waals surface area contributed by atoms with Gasteiger partial charge >= 0.3 is 0 Å². The molecule has 2 aromatic rings. The molecule has 1 atom stereocenters. The van der Waals surface area contributed by atoms with Crippen molar-refractivity contribution in [1.29, 1.82) is 0 Å². The summed E-state index contributed by atoms with van der Waals surface area (Å²) in [6.45, 7) is 4.47. The highest BCUT2D eigenvalue weighted by molar-refractivity contribution is 7.10. The Balaban J connectivity index is 1.78. The molecule has 3 heteroatoms. The highest BCUT2D eigenvalue weighted by Gasteiger charge is 2.27. The van der Waals surface area contributed by atoms with Crippen molar-refractivity contribution in [3.05, 3.63) is 52.0 Å². The van der Waals surface area contributed by atoms with Crippen LogP contribution < -0.4 is 0 Å². The molecule has 0 radical (unpaired) electrons. The zero-order valence-corrected chi connectivity index (χ0v) is 11.5. The number of pyridine rings is 1. The van der Waals surface area contributed by atoms with Crippen molar-refractivity contribution < 1.29 is 0 Å². The summed E-state index contributed by atoms with van der Waals surface area (Å²) in [5, 5.41) is 2.19. The molecule has 94 valence electrons. The van der Waals surface area contributed by atoms with Crippen molar-refractivity contribution >= 4 is 11.3 Å². The SMILES string of the molecule is Cc1ccsc1CN1CCC[C@H]1c1ccccn1. The molecule has 0 aromatic carbocycles. The Morgan fingerprint density at radius 3 is 3.06 bits per heavy atom. The lowest BCUT2D eigenvalue weighted by molar-refractivity contribution is 0.246. The summed E-state index contributed by atoms with van der Waals surface area (Å²) in [5.74, 6) is 0. The number of hydrogen-bond donors (Lipinski definition) is 0. The van der Waals surface area contributed by atoms with Gasteiger partial charge in [0.25, 0.3) is 0 Å². The molecular weight excluding hydrogens is 240 g/mol. The summed E-state index contributed by atoms with van der Waals surface area (Å²) in [5.41, 5.74) is 2.65. The van der Waals surface area contributed by atoms with Gasteiger partial charge in [-0.25, -0.2) is 0 Å². The van der Waals surface area contributed by atoms with Gasteiger partial charge in [-0.2, -0.15) is 0 Å². The zero-order valence-electron chi connectivity index (χ0n) is 10.7. The van der Waals surface area contributed by atoms with Gasteiger partial charge < -0.3 is 0 Å². The van der Waals surface area contributed by atoms with Crippen LogP contribution in [0.5, 0.6) is 0 Å². The van der Waals surface area contributed by atoms with Crippen LogP contribution in [0.2, 0.25) is 0 Å². The quantitative estimate of drug-likeness (QED) is 0.832. The molecule has 1 aliphatic heterocycles. The van der Waals surface area contributed by atoms with E-state index in [1.165, 1.54) is 35.5 Å². The van der Waals surface area contributed by atoms with Gasteiger partial charge in [-0.3, -0.25) is 9.88 Å². The molecule has 0 N–H and O–H groups in total. The van der Waals surface area contributed by atoms with Crippen LogP contribution in [-0.2, 0) is 6.54 Å². The number of aryl methyl sites for hydroxylation is 1. The summed E-state index contributed by atoms with van der Waals surface area (Å²) < 4.78 is 0. The predicted octanol–water partition coefficient (Wildman–Crippen LogP) is 3.79. The monoisotopic (exact) mass is 258 g/mol. The Morgan fingerprint density at radius 2 is 2.33 bits per heavy atom. The van der Waals surface area contributed by atoms with Crippen LogP contribution in [0.25, 0.3) is 0 Å². The molecule has 2 nitrogen and oxygen atoms in total. The fraction of sp³-hybridized carbons (Fsp3) is 0.400. The van der Waals surface area contributed by atoms with Crippen molar-refractivity contribution in [3.8, 4) is 0 Å². The zero-order chi connectivity index (χ0) is 12.4. The van der Waals surface area contributed by atoms with E-state index in [2.05, 4.69) is 40.4 Å². The van der Waals surface area contributed by atoms with Gasteiger partial charge in [0.1, 0.15) is 0 Å². The Labute approximate surface area is 112 Å². The molecule has 3 rings (SSSR count). The molecule has 2 aromatic heterocycles. The maximum atomic E-state index is 4.52. The third kappa shape index (κ3) is 2.33. The van der Waals surface area contributed by atoms with Crippen molar-refractivity contribution in [1.82, 2.24) is 9.88 Å². The summed E-state index contributed by atoms with van der Waals surface area (Å²) in [7, 11) is 0. The molecule has 1 fully saturated rings. The topological polar surface area (TPSA) is 16.1 Å². The first-order valence-electron chi connectivity index (χ1n) is 6.52. The molecule has 1 saturated heterocycles. The van der Waals surface area contributed by atoms with Crippen molar-refractivity contribution in [2.75, 3.05) is 6.54 Å². The number of thiophene rings is 1. The van der Waals surface area contributed by atoms with E-state index in [0.29, 0.717) is 6.04 Å². The average Bonchev–Trinajstić information content (AvgIpc) is 3.01. The molecule has 3 heterocycles. The largest absolute Gasteiger partial charge is 0.290 e. The van der Waals surface area contributed by atoms with Crippen LogP contribution in [0, 0.1) is 6.92 Å². The van der Waals surface area contributed by atoms with Crippen LogP contribution in [0.4, 0.5) is 0 Å². The number of likely N-dealkylation sites (tertiary alicyclic amines) is 1. The van der Waals surface area contributed by atoms with Crippen LogP contribution >= 0.6 is 11.3 Å². The number of rotatable bonds is 3. The Hall–Kier alpha value is -1.19. The molecule has 0 aliphatic carbocycles. The normalized spacial score (nSPS) is 20.4. The third-order valence-corrected chi connectivity index (χ3v) is 4.72. The lowest BCUT2D eigenvalue weighted by Gasteiger charge is -2.23. The molecule has 0 bridgehead atoms. The van der Waals surface area contributed by atoms with Crippen molar-refractivity contribution in [3.63, 3.8) is 0 Å². The maximum absolute atomic E-state index is 4.52. The smallest absolute Gasteiger partial charge is 0.0575 e. The van der Waals surface area contributed by atoms with Gasteiger partial charge in [0.05, 0.1) is 11.7 Å². The summed E-state index contributed by atoms with van der Waals surface area (Å²) >= 11 is 1.87. The lowest BCUT2D eigenvalue weighted by atomic mass is 10.1. The minimum Gasteiger partial charge on any atom is -0.290 e. The second-order valence-electron chi connectivity index (χ2n) is 4.91. The van der Waals surface area contributed by atoms with Gasteiger partial charge in [-0.1, -0.05) is 6.07 Å². The molecule has 0 unspecified atom stereocenters. The highest BCUT2D eigenvalue weighted by atomic mass is 32.1. The number of hydrogen-bond acceptors (Lipinski definition) is 3. The minimum atomic E-state index is 0.507. The Morgan fingerprint density at radius 1 is 1.39 bits per heavy atom. The van der Waals surface area contributed by atoms with Gasteiger partial charge in [0.2, 0.25) is 0 Å². The minimum absolute atomic E-state index is 0.507. The average molecular weight is 258 g/mol. The first kappa shape index (κ1) is 11.9. The van der Waals surface area contributed by atoms with Crippen LogP contribution in [0.15, 0.2) is 35.8 Å². The van der Waals surface area contributed by atoms with E-state index in [9.17, 15) is 0 Å².